The Bertz CT molecular complexity index is 5790. The summed E-state index contributed by atoms with van der Waals surface area (Å²) in [4.78, 5) is 64.6. The molecule has 131 heavy (non-hydrogen) atoms. The first kappa shape index (κ1) is 94.8. The molecule has 0 amide bonds. The largest absolute Gasteiger partial charge is 0.508 e. The molecular weight excluding hydrogens is 1870 g/mol. The molecule has 10 fully saturated rings. The van der Waals surface area contributed by atoms with Gasteiger partial charge in [0.1, 0.15) is 64.6 Å². The van der Waals surface area contributed by atoms with E-state index < -0.39 is 5.97 Å². The van der Waals surface area contributed by atoms with Crippen molar-refractivity contribution in [3.8, 4) is 40.9 Å². The minimum Gasteiger partial charge on any atom is -0.508 e. The number of aliphatic carboxylic acids is 1. The van der Waals surface area contributed by atoms with Crippen molar-refractivity contribution in [1.29, 1.82) is 10.5 Å². The molecular formula is C111H127I2N5O13. The molecule has 6 saturated heterocycles. The first-order valence-corrected chi connectivity index (χ1v) is 50.5. The monoisotopic (exact) mass is 1990 g/mol. The molecule has 10 aromatic carbocycles. The molecule has 6 bridgehead atoms. The van der Waals surface area contributed by atoms with Crippen molar-refractivity contribution in [2.75, 3.05) is 14.2 Å². The van der Waals surface area contributed by atoms with Crippen LogP contribution in [0.25, 0.3) is 53.9 Å². The lowest BCUT2D eigenvalue weighted by molar-refractivity contribution is -0.149. The lowest BCUT2D eigenvalue weighted by Crippen LogP contribution is -2.44. The Morgan fingerprint density at radius 3 is 0.985 bits per heavy atom. The van der Waals surface area contributed by atoms with Crippen LogP contribution in [0.2, 0.25) is 0 Å². The highest BCUT2D eigenvalue weighted by molar-refractivity contribution is 14.1. The van der Waals surface area contributed by atoms with Crippen LogP contribution in [0.15, 0.2) is 158 Å². The number of hydrogen-bond acceptors (Lipinski definition) is 17. The third-order valence-corrected chi connectivity index (χ3v) is 32.8. The molecule has 18 nitrogen and oxygen atoms in total. The third kappa shape index (κ3) is 23.0. The fourth-order valence-corrected chi connectivity index (χ4v) is 24.5. The summed E-state index contributed by atoms with van der Waals surface area (Å²) in [7, 11) is 3.01. The molecule has 2 N–H and O–H groups in total. The number of esters is 2. The number of aldehydes is 2. The van der Waals surface area contributed by atoms with Crippen LogP contribution in [0.3, 0.4) is 0 Å². The van der Waals surface area contributed by atoms with Gasteiger partial charge in [-0.05, 0) is 375 Å². The second kappa shape index (κ2) is 43.7. The molecule has 10 aliphatic rings. The average Bonchev–Trinajstić information content (AvgIpc) is 1.74. The van der Waals surface area contributed by atoms with Gasteiger partial charge in [0.05, 0.1) is 63.5 Å². The van der Waals surface area contributed by atoms with Crippen molar-refractivity contribution in [2.24, 2.45) is 41.4 Å². The van der Waals surface area contributed by atoms with Crippen LogP contribution in [-0.4, -0.2) is 130 Å². The fourth-order valence-electron chi connectivity index (χ4n) is 22.9. The highest BCUT2D eigenvalue weighted by atomic mass is 127. The van der Waals surface area contributed by atoms with Crippen LogP contribution >= 0.6 is 45.2 Å². The topological polar surface area (TPSA) is 238 Å². The number of piperidine rings is 3. The quantitative estimate of drug-likeness (QED) is 0.0434. The average molecular weight is 1990 g/mol. The highest BCUT2D eigenvalue weighted by Gasteiger charge is 2.46. The van der Waals surface area contributed by atoms with Gasteiger partial charge in [-0.2, -0.15) is 10.5 Å². The zero-order valence-corrected chi connectivity index (χ0v) is 81.1. The SMILES string of the molecule is CC1CCC(Oc2ccc3cc(C=O)ccc3c2I)CC1.CC1CCC(Oc2ccc3cc(CN4C5CCC4CC(C(=O)O)C5)ccc3c2C#N)CC1.COC(=O)C1CC2CCC(C1)N2Cc1ccc2c(C#N)c(OC3CCC(C)CC3)ccc2c1.COC(=O)C1CC2CCC(C1)N2Cc1ccc2c(I)c(OC3CCC(C)CC3)ccc2c1.O=Cc1ccc2cc(O)ccc2c1. The van der Waals surface area contributed by atoms with E-state index in [1.54, 1.807) is 30.3 Å². The van der Waals surface area contributed by atoms with Gasteiger partial charge < -0.3 is 38.6 Å². The molecule has 4 saturated carbocycles. The van der Waals surface area contributed by atoms with Gasteiger partial charge in [-0.25, -0.2) is 0 Å². The summed E-state index contributed by atoms with van der Waals surface area (Å²) in [5.41, 5.74) is 6.49. The molecule has 0 aromatic heterocycles. The number of phenols is 1. The summed E-state index contributed by atoms with van der Waals surface area (Å²) in [6, 6.07) is 60.0. The summed E-state index contributed by atoms with van der Waals surface area (Å²) in [6.07, 6.45) is 33.7. The standard InChI is InChI=1S/C28H34N2O3.C27H34INO3.C27H32N2O3.C18H19IO2.C11H8O2/c1-18-3-9-24(10-4-18)33-27-12-6-20-13-19(5-11-25(20)26(27)16-29)17-30-22-7-8-23(30)15-21(14-22)28(31)32-2;1-17-3-9-23(10-4-17)32-25-12-6-19-13-18(5-11-24(19)26(25)28)16-29-21-7-8-22(29)15-20(14-21)27(30)31-2;1-17-2-8-23(9-3-17)32-26-11-5-19-12-18(4-10-24(19)25(26)15-28)16-29-21-6-7-22(29)14-20(13-21)27(30)31;1-12-2-6-15(7-3-12)21-17-9-5-14-10-13(11-20)4-8-16(14)18(17)19;12-7-8-1-2-10-6-11(13)4-3-9(10)5-8/h5-6,11-13,18,21-24H,3-4,7-10,14-15,17H2,1-2H3;5-6,11-13,17,20-23H,3-4,7-10,14-16H2,1-2H3;4-5,10-12,17,20-23H,2-3,6-9,13-14,16H2,1H3,(H,30,31);4-5,8-12,15H,2-3,6-7H2,1H3;1-7,13H. The van der Waals surface area contributed by atoms with Gasteiger partial charge in [0.2, 0.25) is 0 Å². The van der Waals surface area contributed by atoms with Gasteiger partial charge in [0.25, 0.3) is 0 Å². The van der Waals surface area contributed by atoms with E-state index in [0.717, 1.165) is 223 Å². The predicted molar refractivity (Wildman–Crippen MR) is 532 cm³/mol. The number of ether oxygens (including phenoxy) is 6. The van der Waals surface area contributed by atoms with Crippen molar-refractivity contribution in [2.45, 2.75) is 288 Å². The number of halogens is 2. The summed E-state index contributed by atoms with van der Waals surface area (Å²) in [6.45, 7) is 12.0. The molecule has 20 rings (SSSR count). The molecule has 0 spiro atoms. The number of nitrogens with zero attached hydrogens (tertiary/aromatic N) is 5. The van der Waals surface area contributed by atoms with Crippen molar-refractivity contribution < 1.29 is 62.6 Å². The van der Waals surface area contributed by atoms with E-state index in [1.165, 1.54) is 122 Å². The fraction of sp³-hybridized carbons (Fsp3) is 0.486. The third-order valence-electron chi connectivity index (χ3n) is 30.6. The maximum Gasteiger partial charge on any atom is 0.308 e. The van der Waals surface area contributed by atoms with E-state index in [-0.39, 0.29) is 47.6 Å². The number of phenolic OH excluding ortho intramolecular Hbond substituents is 1. The molecule has 10 aromatic rings. The number of carboxylic acid groups (broad SMARTS) is 1. The van der Waals surface area contributed by atoms with Gasteiger partial charge in [-0.3, -0.25) is 38.7 Å². The molecule has 0 radical (unpaired) electrons. The number of hydrogen-bond donors (Lipinski definition) is 2. The maximum absolute atomic E-state index is 12.0. The molecule has 6 unspecified atom stereocenters. The summed E-state index contributed by atoms with van der Waals surface area (Å²) >= 11 is 4.80. The number of aromatic hydroxyl groups is 1. The lowest BCUT2D eigenvalue weighted by Gasteiger charge is -2.38. The number of fused-ring (bicyclic) bond motifs is 11. The normalized spacial score (nSPS) is 26.8. The van der Waals surface area contributed by atoms with E-state index >= 15 is 0 Å². The Balaban J connectivity index is 0.000000123. The van der Waals surface area contributed by atoms with Gasteiger partial charge in [-0.1, -0.05) is 119 Å². The van der Waals surface area contributed by atoms with E-state index in [1.807, 2.05) is 48.5 Å². The van der Waals surface area contributed by atoms with Crippen LogP contribution in [0.1, 0.15) is 256 Å². The second-order valence-corrected chi connectivity index (χ2v) is 41.7. The maximum atomic E-state index is 12.0. The summed E-state index contributed by atoms with van der Waals surface area (Å²) in [5, 5.41) is 49.2. The van der Waals surface area contributed by atoms with Gasteiger partial charge >= 0.3 is 17.9 Å². The Hall–Kier alpha value is -9.43. The number of rotatable bonds is 19. The number of benzene rings is 10. The Morgan fingerprint density at radius 2 is 0.641 bits per heavy atom. The molecule has 20 heteroatoms. The Labute approximate surface area is 799 Å². The number of carbonyl (C=O) groups is 5. The molecule has 688 valence electrons. The van der Waals surface area contributed by atoms with Crippen LogP contribution in [0.4, 0.5) is 0 Å². The second-order valence-electron chi connectivity index (χ2n) is 39.6. The molecule has 4 aliphatic carbocycles. The van der Waals surface area contributed by atoms with Crippen molar-refractivity contribution in [3.63, 3.8) is 0 Å². The van der Waals surface area contributed by atoms with E-state index in [0.29, 0.717) is 76.5 Å². The number of carboxylic acids is 1. The van der Waals surface area contributed by atoms with Crippen LogP contribution in [-0.2, 0) is 43.5 Å². The summed E-state index contributed by atoms with van der Waals surface area (Å²) in [5.74, 6) is 6.12. The molecule has 6 heterocycles. The minimum absolute atomic E-state index is 0.0254. The van der Waals surface area contributed by atoms with Gasteiger partial charge in [0, 0.05) is 77.8 Å². The van der Waals surface area contributed by atoms with Crippen LogP contribution in [0, 0.1) is 71.2 Å². The Kier molecular flexibility index (Phi) is 31.6. The zero-order valence-electron chi connectivity index (χ0n) is 76.8. The molecule has 6 atom stereocenters. The van der Waals surface area contributed by atoms with E-state index in [2.05, 4.69) is 179 Å². The minimum atomic E-state index is -0.642. The summed E-state index contributed by atoms with van der Waals surface area (Å²) < 4.78 is 37.6. The van der Waals surface area contributed by atoms with E-state index in [9.17, 15) is 44.7 Å². The number of nitriles is 2. The predicted octanol–water partition coefficient (Wildman–Crippen LogP) is 25.0. The first-order chi connectivity index (χ1) is 63.5. The van der Waals surface area contributed by atoms with Crippen molar-refractivity contribution in [1.82, 2.24) is 14.7 Å². The highest BCUT2D eigenvalue weighted by Crippen LogP contribution is 2.46. The van der Waals surface area contributed by atoms with Crippen LogP contribution in [0.5, 0.6) is 28.7 Å². The first-order valence-electron chi connectivity index (χ1n) is 48.4. The van der Waals surface area contributed by atoms with Gasteiger partial charge in [-0.15, -0.1) is 0 Å². The van der Waals surface area contributed by atoms with E-state index in [4.69, 9.17) is 28.4 Å². The Morgan fingerprint density at radius 1 is 0.359 bits per heavy atom. The zero-order chi connectivity index (χ0) is 91.5. The molecule has 6 aliphatic heterocycles. The number of carbonyl (C=O) groups excluding carboxylic acids is 4. The number of methoxy groups -OCH3 is 2. The smallest absolute Gasteiger partial charge is 0.308 e. The lowest BCUT2D eigenvalue weighted by atomic mass is 9.89. The van der Waals surface area contributed by atoms with Crippen molar-refractivity contribution >= 4 is 130 Å². The van der Waals surface area contributed by atoms with Crippen molar-refractivity contribution in [3.05, 3.63) is 204 Å². The van der Waals surface area contributed by atoms with Gasteiger partial charge in [0.15, 0.2) is 0 Å². The van der Waals surface area contributed by atoms with Crippen LogP contribution < -0.4 is 18.9 Å².